The maximum absolute atomic E-state index is 11.3. The third-order valence-corrected chi connectivity index (χ3v) is 2.66. The molecule has 2 aromatic heterocycles. The fraction of sp³-hybridized carbons (Fsp3) is 0.0833. The quantitative estimate of drug-likeness (QED) is 0.714. The van der Waals surface area contributed by atoms with Crippen molar-refractivity contribution < 1.29 is 9.32 Å². The lowest BCUT2D eigenvalue weighted by Gasteiger charge is -1.94. The summed E-state index contributed by atoms with van der Waals surface area (Å²) in [6.07, 6.45) is 1.86. The van der Waals surface area contributed by atoms with E-state index in [2.05, 4.69) is 20.4 Å². The summed E-state index contributed by atoms with van der Waals surface area (Å²) in [6, 6.07) is 7.73. The second-order valence-corrected chi connectivity index (χ2v) is 3.78. The maximum atomic E-state index is 11.3. The maximum Gasteiger partial charge on any atom is 0.316 e. The van der Waals surface area contributed by atoms with Crippen LogP contribution < -0.4 is 5.32 Å². The summed E-state index contributed by atoms with van der Waals surface area (Å²) in [5.74, 6) is -0.0427. The molecule has 0 fully saturated rings. The van der Waals surface area contributed by atoms with E-state index < -0.39 is 5.91 Å². The Labute approximate surface area is 102 Å². The summed E-state index contributed by atoms with van der Waals surface area (Å²) < 4.78 is 4.88. The molecule has 0 aliphatic rings. The van der Waals surface area contributed by atoms with E-state index in [1.807, 2.05) is 30.5 Å². The highest BCUT2D eigenvalue weighted by atomic mass is 16.5. The van der Waals surface area contributed by atoms with Gasteiger partial charge in [0.15, 0.2) is 0 Å². The van der Waals surface area contributed by atoms with E-state index in [1.54, 1.807) is 0 Å². The molecule has 1 amide bonds. The van der Waals surface area contributed by atoms with Gasteiger partial charge in [0.1, 0.15) is 0 Å². The Morgan fingerprint density at radius 2 is 2.28 bits per heavy atom. The monoisotopic (exact) mass is 242 g/mol. The third-order valence-electron chi connectivity index (χ3n) is 2.66. The Kier molecular flexibility index (Phi) is 2.33. The normalized spacial score (nSPS) is 10.7. The predicted octanol–water partition coefficient (Wildman–Crippen LogP) is 1.58. The average molecular weight is 242 g/mol. The van der Waals surface area contributed by atoms with Crippen LogP contribution in [-0.2, 0) is 0 Å². The molecule has 0 radical (unpaired) electrons. The SMILES string of the molecule is CNC(=O)c1nc(-c2ccc3cc[nH]c3c2)no1. The van der Waals surface area contributed by atoms with Crippen molar-refractivity contribution in [2.45, 2.75) is 0 Å². The number of nitrogens with one attached hydrogen (secondary N) is 2. The summed E-state index contributed by atoms with van der Waals surface area (Å²) in [4.78, 5) is 18.5. The first-order chi connectivity index (χ1) is 8.78. The molecule has 90 valence electrons. The molecule has 0 bridgehead atoms. The zero-order valence-corrected chi connectivity index (χ0v) is 9.60. The first kappa shape index (κ1) is 10.5. The molecule has 2 heterocycles. The van der Waals surface area contributed by atoms with Gasteiger partial charge in [0, 0.05) is 24.3 Å². The van der Waals surface area contributed by atoms with E-state index in [0.717, 1.165) is 16.5 Å². The molecule has 18 heavy (non-hydrogen) atoms. The molecule has 0 unspecified atom stereocenters. The number of carbonyl (C=O) groups excluding carboxylic acids is 1. The number of benzene rings is 1. The van der Waals surface area contributed by atoms with Crippen molar-refractivity contribution >= 4 is 16.8 Å². The van der Waals surface area contributed by atoms with E-state index in [9.17, 15) is 4.79 Å². The minimum Gasteiger partial charge on any atom is -0.361 e. The molecular weight excluding hydrogens is 232 g/mol. The fourth-order valence-corrected chi connectivity index (χ4v) is 1.73. The Morgan fingerprint density at radius 1 is 1.39 bits per heavy atom. The molecule has 0 aliphatic carbocycles. The fourth-order valence-electron chi connectivity index (χ4n) is 1.73. The molecule has 3 aromatic rings. The van der Waals surface area contributed by atoms with Crippen LogP contribution in [0.25, 0.3) is 22.3 Å². The first-order valence-corrected chi connectivity index (χ1v) is 5.41. The number of nitrogens with zero attached hydrogens (tertiary/aromatic N) is 2. The largest absolute Gasteiger partial charge is 0.361 e. The molecule has 0 saturated heterocycles. The molecule has 0 saturated carbocycles. The van der Waals surface area contributed by atoms with E-state index >= 15 is 0 Å². The van der Waals surface area contributed by atoms with Gasteiger partial charge in [0.2, 0.25) is 5.82 Å². The van der Waals surface area contributed by atoms with Crippen LogP contribution in [0, 0.1) is 0 Å². The number of carbonyl (C=O) groups is 1. The Bertz CT molecular complexity index is 714. The zero-order chi connectivity index (χ0) is 12.5. The van der Waals surface area contributed by atoms with Gasteiger partial charge in [-0.25, -0.2) is 0 Å². The average Bonchev–Trinajstić information content (AvgIpc) is 3.05. The predicted molar refractivity (Wildman–Crippen MR) is 65.0 cm³/mol. The number of aromatic nitrogens is 3. The van der Waals surface area contributed by atoms with E-state index in [4.69, 9.17) is 4.52 Å². The van der Waals surface area contributed by atoms with Crippen molar-refractivity contribution in [1.82, 2.24) is 20.4 Å². The molecule has 6 nitrogen and oxygen atoms in total. The third kappa shape index (κ3) is 1.64. The molecule has 1 aromatic carbocycles. The number of hydrogen-bond donors (Lipinski definition) is 2. The lowest BCUT2D eigenvalue weighted by Crippen LogP contribution is -2.17. The summed E-state index contributed by atoms with van der Waals surface area (Å²) >= 11 is 0. The van der Waals surface area contributed by atoms with Gasteiger partial charge in [-0.3, -0.25) is 4.79 Å². The first-order valence-electron chi connectivity index (χ1n) is 5.41. The lowest BCUT2D eigenvalue weighted by atomic mass is 10.1. The molecule has 6 heteroatoms. The van der Waals surface area contributed by atoms with Crippen LogP contribution in [-0.4, -0.2) is 28.1 Å². The topological polar surface area (TPSA) is 83.8 Å². The minimum absolute atomic E-state index is 0.0425. The van der Waals surface area contributed by atoms with E-state index in [0.29, 0.717) is 5.82 Å². The molecular formula is C12H10N4O2. The summed E-state index contributed by atoms with van der Waals surface area (Å²) in [5.41, 5.74) is 1.78. The Morgan fingerprint density at radius 3 is 3.11 bits per heavy atom. The lowest BCUT2D eigenvalue weighted by molar-refractivity contribution is 0.0919. The van der Waals surface area contributed by atoms with Gasteiger partial charge in [0.25, 0.3) is 0 Å². The van der Waals surface area contributed by atoms with Gasteiger partial charge in [0.05, 0.1) is 0 Å². The second-order valence-electron chi connectivity index (χ2n) is 3.78. The molecule has 3 rings (SSSR count). The van der Waals surface area contributed by atoms with E-state index in [1.165, 1.54) is 7.05 Å². The summed E-state index contributed by atoms with van der Waals surface area (Å²) in [6.45, 7) is 0. The number of H-pyrrole nitrogens is 1. The standard InChI is InChI=1S/C12H10N4O2/c1-13-11(17)12-15-10(16-18-12)8-3-2-7-4-5-14-9(7)6-8/h2-6,14H,1H3,(H,13,17). The van der Waals surface area contributed by atoms with Crippen LogP contribution in [0.3, 0.4) is 0 Å². The summed E-state index contributed by atoms with van der Waals surface area (Å²) in [7, 11) is 1.51. The van der Waals surface area contributed by atoms with Gasteiger partial charge in [-0.15, -0.1) is 0 Å². The Hall–Kier alpha value is -2.63. The van der Waals surface area contributed by atoms with Crippen molar-refractivity contribution in [3.8, 4) is 11.4 Å². The Balaban J connectivity index is 2.03. The molecule has 0 spiro atoms. The number of aromatic amines is 1. The van der Waals surface area contributed by atoms with Crippen LogP contribution in [0.15, 0.2) is 35.0 Å². The number of rotatable bonds is 2. The van der Waals surface area contributed by atoms with E-state index in [-0.39, 0.29) is 5.89 Å². The molecule has 0 aliphatic heterocycles. The highest BCUT2D eigenvalue weighted by Crippen LogP contribution is 2.21. The zero-order valence-electron chi connectivity index (χ0n) is 9.60. The van der Waals surface area contributed by atoms with Crippen molar-refractivity contribution in [2.75, 3.05) is 7.05 Å². The molecule has 0 atom stereocenters. The molecule has 2 N–H and O–H groups in total. The van der Waals surface area contributed by atoms with Gasteiger partial charge < -0.3 is 14.8 Å². The highest BCUT2D eigenvalue weighted by molar-refractivity contribution is 5.90. The van der Waals surface area contributed by atoms with Crippen LogP contribution in [0.1, 0.15) is 10.7 Å². The van der Waals surface area contributed by atoms with Crippen molar-refractivity contribution in [1.29, 1.82) is 0 Å². The van der Waals surface area contributed by atoms with Gasteiger partial charge in [-0.2, -0.15) is 4.98 Å². The van der Waals surface area contributed by atoms with Gasteiger partial charge in [-0.05, 0) is 17.5 Å². The van der Waals surface area contributed by atoms with Crippen LogP contribution in [0.4, 0.5) is 0 Å². The minimum atomic E-state index is -0.394. The number of amides is 1. The highest BCUT2D eigenvalue weighted by Gasteiger charge is 2.14. The smallest absolute Gasteiger partial charge is 0.316 e. The second kappa shape index (κ2) is 3.99. The van der Waals surface area contributed by atoms with Crippen molar-refractivity contribution in [3.05, 3.63) is 36.4 Å². The number of fused-ring (bicyclic) bond motifs is 1. The summed E-state index contributed by atoms with van der Waals surface area (Å²) in [5, 5.41) is 7.32. The van der Waals surface area contributed by atoms with Crippen LogP contribution >= 0.6 is 0 Å². The van der Waals surface area contributed by atoms with Crippen molar-refractivity contribution in [2.24, 2.45) is 0 Å². The number of hydrogen-bond acceptors (Lipinski definition) is 4. The van der Waals surface area contributed by atoms with Crippen molar-refractivity contribution in [3.63, 3.8) is 0 Å². The van der Waals surface area contributed by atoms with Gasteiger partial charge >= 0.3 is 11.8 Å². The van der Waals surface area contributed by atoms with Crippen LogP contribution in [0.2, 0.25) is 0 Å². The van der Waals surface area contributed by atoms with Crippen LogP contribution in [0.5, 0.6) is 0 Å². The van der Waals surface area contributed by atoms with Gasteiger partial charge in [-0.1, -0.05) is 17.3 Å².